The molecule has 2 atom stereocenters. The van der Waals surface area contributed by atoms with Crippen LogP contribution in [-0.2, 0) is 14.3 Å². The molecule has 0 aliphatic carbocycles. The molecule has 0 spiro atoms. The van der Waals surface area contributed by atoms with Crippen molar-refractivity contribution in [2.75, 3.05) is 25.6 Å². The number of hydrogen-bond donors (Lipinski definition) is 1. The standard InChI is InChI=1S/C23H27NO6/c1-15-6-11-21(27-3)20(13-15)24-22(25)16(2)30-23(26)17-7-9-18(10-8-17)29-14-19-5-4-12-28-19/h6-11,13,16,19H,4-5,12,14H2,1-3H3,(H,24,25)/t16-,19-/m0/s1. The molecule has 1 aliphatic heterocycles. The summed E-state index contributed by atoms with van der Waals surface area (Å²) >= 11 is 0. The first kappa shape index (κ1) is 21.6. The molecule has 160 valence electrons. The summed E-state index contributed by atoms with van der Waals surface area (Å²) in [6.07, 6.45) is 1.21. The highest BCUT2D eigenvalue weighted by atomic mass is 16.5. The van der Waals surface area contributed by atoms with Crippen LogP contribution >= 0.6 is 0 Å². The number of anilines is 1. The van der Waals surface area contributed by atoms with E-state index < -0.39 is 18.0 Å². The zero-order valence-electron chi connectivity index (χ0n) is 17.5. The van der Waals surface area contributed by atoms with Gasteiger partial charge >= 0.3 is 5.97 Å². The van der Waals surface area contributed by atoms with Gasteiger partial charge in [0.1, 0.15) is 18.1 Å². The van der Waals surface area contributed by atoms with Crippen LogP contribution in [0.25, 0.3) is 0 Å². The van der Waals surface area contributed by atoms with Gasteiger partial charge in [-0.2, -0.15) is 0 Å². The van der Waals surface area contributed by atoms with E-state index in [0.29, 0.717) is 29.4 Å². The van der Waals surface area contributed by atoms with Crippen LogP contribution in [0.2, 0.25) is 0 Å². The van der Waals surface area contributed by atoms with Crippen molar-refractivity contribution in [2.24, 2.45) is 0 Å². The summed E-state index contributed by atoms with van der Waals surface area (Å²) < 4.78 is 21.8. The van der Waals surface area contributed by atoms with Crippen LogP contribution in [0.5, 0.6) is 11.5 Å². The number of esters is 1. The van der Waals surface area contributed by atoms with Gasteiger partial charge in [0, 0.05) is 6.61 Å². The third-order valence-corrected chi connectivity index (χ3v) is 4.82. The third kappa shape index (κ3) is 5.73. The third-order valence-electron chi connectivity index (χ3n) is 4.82. The lowest BCUT2D eigenvalue weighted by Gasteiger charge is -2.16. The lowest BCUT2D eigenvalue weighted by molar-refractivity contribution is -0.123. The van der Waals surface area contributed by atoms with Crippen molar-refractivity contribution >= 4 is 17.6 Å². The Morgan fingerprint density at radius 3 is 2.63 bits per heavy atom. The molecule has 3 rings (SSSR count). The number of methoxy groups -OCH3 is 1. The number of aryl methyl sites for hydroxylation is 1. The maximum atomic E-state index is 12.4. The van der Waals surface area contributed by atoms with Crippen LogP contribution in [0.4, 0.5) is 5.69 Å². The summed E-state index contributed by atoms with van der Waals surface area (Å²) in [5, 5.41) is 2.74. The summed E-state index contributed by atoms with van der Waals surface area (Å²) in [6, 6.07) is 12.1. The summed E-state index contributed by atoms with van der Waals surface area (Å²) in [5.41, 5.74) is 1.84. The maximum Gasteiger partial charge on any atom is 0.338 e. The van der Waals surface area contributed by atoms with Crippen molar-refractivity contribution < 1.29 is 28.5 Å². The molecular formula is C23H27NO6. The molecule has 2 aromatic rings. The minimum Gasteiger partial charge on any atom is -0.495 e. The van der Waals surface area contributed by atoms with Crippen molar-refractivity contribution in [1.82, 2.24) is 0 Å². The van der Waals surface area contributed by atoms with Crippen LogP contribution in [-0.4, -0.2) is 44.4 Å². The number of amides is 1. The van der Waals surface area contributed by atoms with E-state index in [1.165, 1.54) is 14.0 Å². The second-order valence-corrected chi connectivity index (χ2v) is 7.21. The first-order valence-corrected chi connectivity index (χ1v) is 9.97. The van der Waals surface area contributed by atoms with Gasteiger partial charge in [-0.05, 0) is 68.7 Å². The average Bonchev–Trinajstić information content (AvgIpc) is 3.26. The van der Waals surface area contributed by atoms with Crippen molar-refractivity contribution in [3.05, 3.63) is 53.6 Å². The van der Waals surface area contributed by atoms with Gasteiger partial charge in [-0.15, -0.1) is 0 Å². The molecule has 0 saturated carbocycles. The number of carbonyl (C=O) groups excluding carboxylic acids is 2. The fraction of sp³-hybridized carbons (Fsp3) is 0.391. The fourth-order valence-corrected chi connectivity index (χ4v) is 3.09. The molecule has 7 nitrogen and oxygen atoms in total. The molecule has 1 aliphatic rings. The molecule has 0 radical (unpaired) electrons. The molecular weight excluding hydrogens is 386 g/mol. The molecule has 1 amide bonds. The topological polar surface area (TPSA) is 83.1 Å². The van der Waals surface area contributed by atoms with Crippen molar-refractivity contribution in [1.29, 1.82) is 0 Å². The van der Waals surface area contributed by atoms with E-state index >= 15 is 0 Å². The second-order valence-electron chi connectivity index (χ2n) is 7.21. The average molecular weight is 413 g/mol. The normalized spacial score (nSPS) is 16.6. The minimum atomic E-state index is -0.974. The van der Waals surface area contributed by atoms with Gasteiger partial charge in [-0.1, -0.05) is 6.07 Å². The van der Waals surface area contributed by atoms with Gasteiger partial charge in [0.05, 0.1) is 24.5 Å². The van der Waals surface area contributed by atoms with Crippen LogP contribution < -0.4 is 14.8 Å². The monoisotopic (exact) mass is 413 g/mol. The first-order chi connectivity index (χ1) is 14.5. The zero-order valence-corrected chi connectivity index (χ0v) is 17.5. The summed E-state index contributed by atoms with van der Waals surface area (Å²) in [7, 11) is 1.53. The predicted molar refractivity (Wildman–Crippen MR) is 112 cm³/mol. The summed E-state index contributed by atoms with van der Waals surface area (Å²) in [5.74, 6) is 0.161. The fourth-order valence-electron chi connectivity index (χ4n) is 3.09. The first-order valence-electron chi connectivity index (χ1n) is 9.97. The molecule has 0 unspecified atom stereocenters. The Kier molecular flexibility index (Phi) is 7.30. The Hall–Kier alpha value is -3.06. The number of carbonyl (C=O) groups is 2. The molecule has 0 aromatic heterocycles. The number of hydrogen-bond acceptors (Lipinski definition) is 6. The van der Waals surface area contributed by atoms with E-state index in [0.717, 1.165) is 25.0 Å². The Morgan fingerprint density at radius 1 is 1.20 bits per heavy atom. The van der Waals surface area contributed by atoms with E-state index in [9.17, 15) is 9.59 Å². The number of nitrogens with one attached hydrogen (secondary N) is 1. The molecule has 1 fully saturated rings. The second kappa shape index (κ2) is 10.1. The van der Waals surface area contributed by atoms with E-state index in [4.69, 9.17) is 18.9 Å². The van der Waals surface area contributed by atoms with Gasteiger partial charge < -0.3 is 24.3 Å². The van der Waals surface area contributed by atoms with Crippen LogP contribution in [0.15, 0.2) is 42.5 Å². The highest BCUT2D eigenvalue weighted by molar-refractivity contribution is 5.98. The molecule has 30 heavy (non-hydrogen) atoms. The van der Waals surface area contributed by atoms with Gasteiger partial charge in [0.15, 0.2) is 6.10 Å². The summed E-state index contributed by atoms with van der Waals surface area (Å²) in [4.78, 5) is 24.8. The molecule has 7 heteroatoms. The summed E-state index contributed by atoms with van der Waals surface area (Å²) in [6.45, 7) is 4.70. The van der Waals surface area contributed by atoms with E-state index in [-0.39, 0.29) is 6.10 Å². The van der Waals surface area contributed by atoms with E-state index in [2.05, 4.69) is 5.32 Å². The lowest BCUT2D eigenvalue weighted by atomic mass is 10.2. The van der Waals surface area contributed by atoms with Crippen molar-refractivity contribution in [3.63, 3.8) is 0 Å². The number of ether oxygens (including phenoxy) is 4. The Morgan fingerprint density at radius 2 is 1.97 bits per heavy atom. The van der Waals surface area contributed by atoms with Crippen LogP contribution in [0, 0.1) is 6.92 Å². The molecule has 0 bridgehead atoms. The van der Waals surface area contributed by atoms with E-state index in [1.807, 2.05) is 13.0 Å². The minimum absolute atomic E-state index is 0.126. The van der Waals surface area contributed by atoms with Crippen molar-refractivity contribution in [2.45, 2.75) is 38.9 Å². The van der Waals surface area contributed by atoms with Gasteiger partial charge in [0.2, 0.25) is 0 Å². The molecule has 1 heterocycles. The molecule has 2 aromatic carbocycles. The molecule has 1 saturated heterocycles. The zero-order chi connectivity index (χ0) is 21.5. The van der Waals surface area contributed by atoms with Gasteiger partial charge in [0.25, 0.3) is 5.91 Å². The van der Waals surface area contributed by atoms with Crippen LogP contribution in [0.1, 0.15) is 35.7 Å². The lowest BCUT2D eigenvalue weighted by Crippen LogP contribution is -2.30. The van der Waals surface area contributed by atoms with Crippen molar-refractivity contribution in [3.8, 4) is 11.5 Å². The highest BCUT2D eigenvalue weighted by Crippen LogP contribution is 2.25. The maximum absolute atomic E-state index is 12.4. The Balaban J connectivity index is 1.53. The largest absolute Gasteiger partial charge is 0.495 e. The van der Waals surface area contributed by atoms with E-state index in [1.54, 1.807) is 36.4 Å². The predicted octanol–water partition coefficient (Wildman–Crippen LogP) is 3.75. The highest BCUT2D eigenvalue weighted by Gasteiger charge is 2.21. The number of benzene rings is 2. The van der Waals surface area contributed by atoms with Crippen LogP contribution in [0.3, 0.4) is 0 Å². The smallest absolute Gasteiger partial charge is 0.338 e. The molecule has 1 N–H and O–H groups in total. The Bertz CT molecular complexity index is 874. The quantitative estimate of drug-likeness (QED) is 0.664. The van der Waals surface area contributed by atoms with Gasteiger partial charge in [-0.3, -0.25) is 4.79 Å². The SMILES string of the molecule is COc1ccc(C)cc1NC(=O)[C@H](C)OC(=O)c1ccc(OC[C@@H]2CCCO2)cc1. The van der Waals surface area contributed by atoms with Gasteiger partial charge in [-0.25, -0.2) is 4.79 Å². The number of rotatable bonds is 8. The Labute approximate surface area is 176 Å².